The Labute approximate surface area is 123 Å². The molecule has 0 aliphatic carbocycles. The van der Waals surface area contributed by atoms with Crippen molar-refractivity contribution < 1.29 is 9.47 Å². The predicted molar refractivity (Wildman–Crippen MR) is 78.8 cm³/mol. The maximum Gasteiger partial charge on any atom is 0.163 e. The maximum absolute atomic E-state index is 8.69. The monoisotopic (exact) mass is 284 g/mol. The van der Waals surface area contributed by atoms with Crippen LogP contribution < -0.4 is 14.8 Å². The molecule has 0 bridgehead atoms. The number of ether oxygens (including phenoxy) is 2. The van der Waals surface area contributed by atoms with Crippen LogP contribution in [0.3, 0.4) is 0 Å². The topological polar surface area (TPSA) is 80.1 Å². The summed E-state index contributed by atoms with van der Waals surface area (Å²) in [7, 11) is 0. The molecule has 0 fully saturated rings. The van der Waals surface area contributed by atoms with Gasteiger partial charge in [-0.15, -0.1) is 0 Å². The van der Waals surface area contributed by atoms with Crippen LogP contribution in [0.15, 0.2) is 30.6 Å². The zero-order valence-corrected chi connectivity index (χ0v) is 12.0. The molecule has 0 aliphatic heterocycles. The van der Waals surface area contributed by atoms with E-state index < -0.39 is 0 Å². The van der Waals surface area contributed by atoms with Gasteiger partial charge in [0.1, 0.15) is 11.9 Å². The number of nitrogens with zero attached hydrogens (tertiary/aromatic N) is 3. The van der Waals surface area contributed by atoms with E-state index in [4.69, 9.17) is 14.7 Å². The lowest BCUT2D eigenvalue weighted by Crippen LogP contribution is -2.00. The van der Waals surface area contributed by atoms with Gasteiger partial charge in [0, 0.05) is 11.8 Å². The zero-order chi connectivity index (χ0) is 15.1. The highest BCUT2D eigenvalue weighted by Crippen LogP contribution is 2.31. The summed E-state index contributed by atoms with van der Waals surface area (Å²) in [4.78, 5) is 8.07. The minimum Gasteiger partial charge on any atom is -0.490 e. The molecule has 1 heterocycles. The second-order valence-electron chi connectivity index (χ2n) is 4.05. The number of hydrogen-bond acceptors (Lipinski definition) is 6. The molecule has 0 radical (unpaired) electrons. The summed E-state index contributed by atoms with van der Waals surface area (Å²) in [6.45, 7) is 4.98. The van der Waals surface area contributed by atoms with Crippen molar-refractivity contribution >= 4 is 11.5 Å². The predicted octanol–water partition coefficient (Wildman–Crippen LogP) is 2.89. The Morgan fingerprint density at radius 3 is 2.48 bits per heavy atom. The molecule has 0 saturated carbocycles. The standard InChI is InChI=1S/C15H16N4O2/c1-3-20-13-6-5-11(7-14(13)21-4-2)19-15-10-17-12(8-16)9-18-15/h5-7,9-10H,3-4H2,1-2H3,(H,18,19). The number of nitriles is 1. The first-order valence-corrected chi connectivity index (χ1v) is 6.65. The third kappa shape index (κ3) is 3.83. The lowest BCUT2D eigenvalue weighted by molar-refractivity contribution is 0.288. The number of benzene rings is 1. The van der Waals surface area contributed by atoms with Gasteiger partial charge in [0.05, 0.1) is 25.6 Å². The van der Waals surface area contributed by atoms with E-state index in [0.29, 0.717) is 30.5 Å². The first-order valence-electron chi connectivity index (χ1n) is 6.65. The normalized spacial score (nSPS) is 9.76. The first-order chi connectivity index (χ1) is 10.3. The summed E-state index contributed by atoms with van der Waals surface area (Å²) >= 11 is 0. The summed E-state index contributed by atoms with van der Waals surface area (Å²) in [5.41, 5.74) is 1.09. The quantitative estimate of drug-likeness (QED) is 0.878. The summed E-state index contributed by atoms with van der Waals surface area (Å²) in [5, 5.41) is 11.8. The van der Waals surface area contributed by atoms with Gasteiger partial charge < -0.3 is 14.8 Å². The van der Waals surface area contributed by atoms with Crippen LogP contribution in [0.4, 0.5) is 11.5 Å². The molecule has 0 spiro atoms. The van der Waals surface area contributed by atoms with Crippen LogP contribution in [-0.2, 0) is 0 Å². The molecule has 1 N–H and O–H groups in total. The van der Waals surface area contributed by atoms with E-state index in [9.17, 15) is 0 Å². The van der Waals surface area contributed by atoms with Gasteiger partial charge in [-0.1, -0.05) is 0 Å². The molecule has 21 heavy (non-hydrogen) atoms. The van der Waals surface area contributed by atoms with Crippen molar-refractivity contribution in [3.05, 3.63) is 36.3 Å². The molecule has 108 valence electrons. The van der Waals surface area contributed by atoms with Crippen molar-refractivity contribution in [1.29, 1.82) is 5.26 Å². The van der Waals surface area contributed by atoms with Gasteiger partial charge in [0.25, 0.3) is 0 Å². The summed E-state index contributed by atoms with van der Waals surface area (Å²) in [5.74, 6) is 1.93. The van der Waals surface area contributed by atoms with Crippen molar-refractivity contribution in [2.75, 3.05) is 18.5 Å². The Bertz CT molecular complexity index is 635. The van der Waals surface area contributed by atoms with Gasteiger partial charge in [0.2, 0.25) is 0 Å². The molecule has 0 unspecified atom stereocenters. The molecule has 6 heteroatoms. The van der Waals surface area contributed by atoms with Gasteiger partial charge in [-0.2, -0.15) is 5.26 Å². The van der Waals surface area contributed by atoms with E-state index in [0.717, 1.165) is 5.69 Å². The molecule has 0 saturated heterocycles. The number of nitrogens with one attached hydrogen (secondary N) is 1. The minimum atomic E-state index is 0.280. The summed E-state index contributed by atoms with van der Waals surface area (Å²) in [6.07, 6.45) is 2.93. The molecule has 1 aromatic carbocycles. The van der Waals surface area contributed by atoms with Gasteiger partial charge in [0.15, 0.2) is 17.2 Å². The highest BCUT2D eigenvalue weighted by molar-refractivity contribution is 5.61. The summed E-state index contributed by atoms with van der Waals surface area (Å²) in [6, 6.07) is 7.48. The van der Waals surface area contributed by atoms with Crippen molar-refractivity contribution in [2.24, 2.45) is 0 Å². The van der Waals surface area contributed by atoms with Gasteiger partial charge in [-0.05, 0) is 26.0 Å². The Morgan fingerprint density at radius 1 is 1.10 bits per heavy atom. The Hall–Kier alpha value is -2.81. The van der Waals surface area contributed by atoms with Crippen LogP contribution in [0.2, 0.25) is 0 Å². The number of rotatable bonds is 6. The molecule has 0 aliphatic rings. The Balaban J connectivity index is 2.19. The van der Waals surface area contributed by atoms with E-state index in [2.05, 4.69) is 15.3 Å². The lowest BCUT2D eigenvalue weighted by Gasteiger charge is -2.13. The van der Waals surface area contributed by atoms with Crippen molar-refractivity contribution in [1.82, 2.24) is 9.97 Å². The number of aromatic nitrogens is 2. The average molecular weight is 284 g/mol. The zero-order valence-electron chi connectivity index (χ0n) is 12.0. The SMILES string of the molecule is CCOc1ccc(Nc2cnc(C#N)cn2)cc1OCC. The maximum atomic E-state index is 8.69. The third-order valence-electron chi connectivity index (χ3n) is 2.58. The molecular formula is C15H16N4O2. The van der Waals surface area contributed by atoms with E-state index in [1.54, 1.807) is 0 Å². The van der Waals surface area contributed by atoms with Gasteiger partial charge in [-0.3, -0.25) is 0 Å². The van der Waals surface area contributed by atoms with E-state index in [1.165, 1.54) is 12.4 Å². The van der Waals surface area contributed by atoms with Crippen LogP contribution in [0.25, 0.3) is 0 Å². The first kappa shape index (κ1) is 14.6. The molecule has 6 nitrogen and oxygen atoms in total. The number of anilines is 2. The molecule has 0 amide bonds. The van der Waals surface area contributed by atoms with Gasteiger partial charge >= 0.3 is 0 Å². The Kier molecular flexibility index (Phi) is 4.94. The highest BCUT2D eigenvalue weighted by Gasteiger charge is 2.07. The second-order valence-corrected chi connectivity index (χ2v) is 4.05. The van der Waals surface area contributed by atoms with E-state index in [1.807, 2.05) is 38.1 Å². The van der Waals surface area contributed by atoms with Crippen LogP contribution in [0, 0.1) is 11.3 Å². The molecule has 0 atom stereocenters. The second kappa shape index (κ2) is 7.10. The van der Waals surface area contributed by atoms with Crippen LogP contribution in [0.5, 0.6) is 11.5 Å². The van der Waals surface area contributed by atoms with E-state index in [-0.39, 0.29) is 5.69 Å². The number of hydrogen-bond donors (Lipinski definition) is 1. The Morgan fingerprint density at radius 2 is 1.86 bits per heavy atom. The van der Waals surface area contributed by atoms with Gasteiger partial charge in [-0.25, -0.2) is 9.97 Å². The molecule has 2 rings (SSSR count). The largest absolute Gasteiger partial charge is 0.490 e. The van der Waals surface area contributed by atoms with Crippen LogP contribution in [0.1, 0.15) is 19.5 Å². The van der Waals surface area contributed by atoms with Crippen LogP contribution in [-0.4, -0.2) is 23.2 Å². The highest BCUT2D eigenvalue weighted by atomic mass is 16.5. The fourth-order valence-electron chi connectivity index (χ4n) is 1.73. The average Bonchev–Trinajstić information content (AvgIpc) is 2.51. The third-order valence-corrected chi connectivity index (χ3v) is 2.58. The molecule has 2 aromatic rings. The minimum absolute atomic E-state index is 0.280. The fraction of sp³-hybridized carbons (Fsp3) is 0.267. The lowest BCUT2D eigenvalue weighted by atomic mass is 10.2. The smallest absolute Gasteiger partial charge is 0.163 e. The fourth-order valence-corrected chi connectivity index (χ4v) is 1.73. The molecular weight excluding hydrogens is 268 g/mol. The van der Waals surface area contributed by atoms with E-state index >= 15 is 0 Å². The van der Waals surface area contributed by atoms with Crippen molar-refractivity contribution in [2.45, 2.75) is 13.8 Å². The van der Waals surface area contributed by atoms with Crippen molar-refractivity contribution in [3.8, 4) is 17.6 Å². The van der Waals surface area contributed by atoms with Crippen LogP contribution >= 0.6 is 0 Å². The van der Waals surface area contributed by atoms with Crippen molar-refractivity contribution in [3.63, 3.8) is 0 Å². The molecule has 1 aromatic heterocycles. The summed E-state index contributed by atoms with van der Waals surface area (Å²) < 4.78 is 11.1.